The number of hydrogen-bond donors (Lipinski definition) is 3. The molecule has 3 aromatic heterocycles. The zero-order valence-electron chi connectivity index (χ0n) is 12.9. The number of anilines is 1. The third-order valence-corrected chi connectivity index (χ3v) is 3.55. The van der Waals surface area contributed by atoms with E-state index in [4.69, 9.17) is 11.6 Å². The van der Waals surface area contributed by atoms with Crippen LogP contribution in [0.15, 0.2) is 25.0 Å². The van der Waals surface area contributed by atoms with Crippen molar-refractivity contribution in [1.29, 1.82) is 0 Å². The zero-order valence-corrected chi connectivity index (χ0v) is 13.6. The van der Waals surface area contributed by atoms with Crippen molar-refractivity contribution < 1.29 is 4.79 Å². The first-order valence-corrected chi connectivity index (χ1v) is 7.93. The van der Waals surface area contributed by atoms with E-state index in [1.165, 1.54) is 6.33 Å². The minimum atomic E-state index is -0.0193. The number of H-pyrrole nitrogens is 1. The Kier molecular flexibility index (Phi) is 5.22. The molecule has 0 aliphatic carbocycles. The summed E-state index contributed by atoms with van der Waals surface area (Å²) in [4.78, 5) is 30.9. The van der Waals surface area contributed by atoms with Gasteiger partial charge in [-0.05, 0) is 18.0 Å². The van der Waals surface area contributed by atoms with Gasteiger partial charge >= 0.3 is 0 Å². The van der Waals surface area contributed by atoms with Gasteiger partial charge in [0.2, 0.25) is 11.2 Å². The van der Waals surface area contributed by atoms with Crippen LogP contribution in [-0.4, -0.2) is 48.5 Å². The first kappa shape index (κ1) is 16.2. The molecule has 0 bridgehead atoms. The number of imidazole rings is 2. The summed E-state index contributed by atoms with van der Waals surface area (Å²) in [5, 5.41) is 6.07. The molecule has 3 N–H and O–H groups in total. The van der Waals surface area contributed by atoms with Crippen LogP contribution in [0.3, 0.4) is 0 Å². The van der Waals surface area contributed by atoms with E-state index in [1.807, 2.05) is 10.8 Å². The second-order valence-electron chi connectivity index (χ2n) is 5.12. The number of fused-ring (bicyclic) bond motifs is 1. The summed E-state index contributed by atoms with van der Waals surface area (Å²) in [5.74, 6) is 0.518. The molecule has 0 saturated carbocycles. The normalized spacial score (nSPS) is 10.9. The Morgan fingerprint density at radius 2 is 2.25 bits per heavy atom. The first-order chi connectivity index (χ1) is 11.7. The molecule has 3 rings (SSSR count). The molecule has 0 aromatic carbocycles. The zero-order chi connectivity index (χ0) is 16.8. The Morgan fingerprint density at radius 1 is 1.33 bits per heavy atom. The van der Waals surface area contributed by atoms with Crippen molar-refractivity contribution in [2.45, 2.75) is 19.4 Å². The number of aromatic nitrogens is 6. The molecule has 1 amide bonds. The number of aryl methyl sites for hydroxylation is 1. The third kappa shape index (κ3) is 4.19. The lowest BCUT2D eigenvalue weighted by Gasteiger charge is -2.08. The maximum atomic E-state index is 11.8. The number of amides is 1. The van der Waals surface area contributed by atoms with Crippen molar-refractivity contribution in [3.63, 3.8) is 0 Å². The van der Waals surface area contributed by atoms with Gasteiger partial charge in [-0.1, -0.05) is 0 Å². The Labute approximate surface area is 142 Å². The maximum absolute atomic E-state index is 11.8. The molecule has 0 radical (unpaired) electrons. The van der Waals surface area contributed by atoms with Gasteiger partial charge in [0, 0.05) is 38.4 Å². The Balaban J connectivity index is 1.39. The molecule has 0 fully saturated rings. The molecule has 0 aliphatic heterocycles. The molecule has 0 aliphatic rings. The SMILES string of the molecule is O=C(CCNc1nc(Cl)nc2nc[nH]c12)NCCCn1ccnc1. The Bertz CT molecular complexity index is 800. The lowest BCUT2D eigenvalue weighted by molar-refractivity contribution is -0.120. The molecule has 0 spiro atoms. The summed E-state index contributed by atoms with van der Waals surface area (Å²) >= 11 is 5.85. The molecule has 3 heterocycles. The van der Waals surface area contributed by atoms with Crippen LogP contribution in [0.25, 0.3) is 11.2 Å². The highest BCUT2D eigenvalue weighted by atomic mass is 35.5. The van der Waals surface area contributed by atoms with Gasteiger partial charge in [0.15, 0.2) is 11.5 Å². The second kappa shape index (κ2) is 7.73. The van der Waals surface area contributed by atoms with E-state index in [-0.39, 0.29) is 11.2 Å². The van der Waals surface area contributed by atoms with Gasteiger partial charge in [-0.3, -0.25) is 4.79 Å². The van der Waals surface area contributed by atoms with Gasteiger partial charge in [0.1, 0.15) is 5.52 Å². The van der Waals surface area contributed by atoms with Crippen molar-refractivity contribution in [3.05, 3.63) is 30.3 Å². The number of nitrogens with zero attached hydrogens (tertiary/aromatic N) is 5. The Hall–Kier alpha value is -2.68. The number of aromatic amines is 1. The van der Waals surface area contributed by atoms with Gasteiger partial charge in [-0.15, -0.1) is 0 Å². The van der Waals surface area contributed by atoms with E-state index in [0.29, 0.717) is 36.5 Å². The van der Waals surface area contributed by atoms with Crippen LogP contribution in [0.5, 0.6) is 0 Å². The van der Waals surface area contributed by atoms with Crippen LogP contribution in [0.4, 0.5) is 5.82 Å². The summed E-state index contributed by atoms with van der Waals surface area (Å²) in [6.45, 7) is 1.89. The molecule has 0 atom stereocenters. The molecule has 10 heteroatoms. The van der Waals surface area contributed by atoms with E-state index in [1.54, 1.807) is 12.5 Å². The van der Waals surface area contributed by atoms with E-state index in [0.717, 1.165) is 13.0 Å². The lowest BCUT2D eigenvalue weighted by Crippen LogP contribution is -2.27. The summed E-state index contributed by atoms with van der Waals surface area (Å²) in [6, 6.07) is 0. The molecule has 3 aromatic rings. The van der Waals surface area contributed by atoms with Gasteiger partial charge in [0.05, 0.1) is 12.7 Å². The number of halogens is 1. The number of nitrogens with one attached hydrogen (secondary N) is 3. The highest BCUT2D eigenvalue weighted by Gasteiger charge is 2.09. The summed E-state index contributed by atoms with van der Waals surface area (Å²) in [6.07, 6.45) is 8.10. The Morgan fingerprint density at radius 3 is 3.08 bits per heavy atom. The van der Waals surface area contributed by atoms with E-state index >= 15 is 0 Å². The summed E-state index contributed by atoms with van der Waals surface area (Å²) in [7, 11) is 0. The average molecular weight is 349 g/mol. The lowest BCUT2D eigenvalue weighted by atomic mass is 10.3. The quantitative estimate of drug-likeness (QED) is 0.416. The number of hydrogen-bond acceptors (Lipinski definition) is 6. The van der Waals surface area contributed by atoms with E-state index in [2.05, 4.69) is 35.6 Å². The monoisotopic (exact) mass is 348 g/mol. The van der Waals surface area contributed by atoms with Crippen LogP contribution in [0, 0.1) is 0 Å². The standard InChI is InChI=1S/C14H17ClN8O/c15-14-21-12(11-13(22-14)20-8-19-11)18-4-2-10(24)17-3-1-6-23-7-5-16-9-23/h5,7-9H,1-4,6H2,(H,17,24)(H2,18,19,20,21,22). The fourth-order valence-corrected chi connectivity index (χ4v) is 2.39. The van der Waals surface area contributed by atoms with Crippen molar-refractivity contribution >= 4 is 34.5 Å². The van der Waals surface area contributed by atoms with Gasteiger partial charge < -0.3 is 20.2 Å². The van der Waals surface area contributed by atoms with Crippen molar-refractivity contribution in [1.82, 2.24) is 34.8 Å². The third-order valence-electron chi connectivity index (χ3n) is 3.38. The van der Waals surface area contributed by atoms with E-state index in [9.17, 15) is 4.79 Å². The number of carbonyl (C=O) groups is 1. The van der Waals surface area contributed by atoms with Gasteiger partial charge in [-0.25, -0.2) is 9.97 Å². The highest BCUT2D eigenvalue weighted by molar-refractivity contribution is 6.28. The molecular weight excluding hydrogens is 332 g/mol. The highest BCUT2D eigenvalue weighted by Crippen LogP contribution is 2.18. The fraction of sp³-hybridized carbons (Fsp3) is 0.357. The number of rotatable bonds is 8. The van der Waals surface area contributed by atoms with Gasteiger partial charge in [0.25, 0.3) is 0 Å². The first-order valence-electron chi connectivity index (χ1n) is 7.55. The van der Waals surface area contributed by atoms with Crippen molar-refractivity contribution in [2.75, 3.05) is 18.4 Å². The van der Waals surface area contributed by atoms with Crippen LogP contribution >= 0.6 is 11.6 Å². The number of carbonyl (C=O) groups excluding carboxylic acids is 1. The fourth-order valence-electron chi connectivity index (χ4n) is 2.23. The largest absolute Gasteiger partial charge is 0.368 e. The summed E-state index contributed by atoms with van der Waals surface area (Å²) < 4.78 is 1.97. The molecule has 0 saturated heterocycles. The van der Waals surface area contributed by atoms with E-state index < -0.39 is 0 Å². The molecule has 9 nitrogen and oxygen atoms in total. The minimum absolute atomic E-state index is 0.0193. The van der Waals surface area contributed by atoms with Crippen LogP contribution < -0.4 is 10.6 Å². The van der Waals surface area contributed by atoms with Crippen molar-refractivity contribution in [2.24, 2.45) is 0 Å². The summed E-state index contributed by atoms with van der Waals surface area (Å²) in [5.41, 5.74) is 1.15. The second-order valence-corrected chi connectivity index (χ2v) is 5.46. The molecule has 24 heavy (non-hydrogen) atoms. The van der Waals surface area contributed by atoms with Crippen LogP contribution in [-0.2, 0) is 11.3 Å². The average Bonchev–Trinajstić information content (AvgIpc) is 3.22. The minimum Gasteiger partial charge on any atom is -0.368 e. The molecule has 0 unspecified atom stereocenters. The topological polar surface area (TPSA) is 113 Å². The smallest absolute Gasteiger partial charge is 0.226 e. The van der Waals surface area contributed by atoms with Crippen LogP contribution in [0.2, 0.25) is 5.28 Å². The van der Waals surface area contributed by atoms with Gasteiger partial charge in [-0.2, -0.15) is 9.97 Å². The van der Waals surface area contributed by atoms with Crippen LogP contribution in [0.1, 0.15) is 12.8 Å². The molecular formula is C14H17ClN8O. The maximum Gasteiger partial charge on any atom is 0.226 e. The van der Waals surface area contributed by atoms with Crippen molar-refractivity contribution in [3.8, 4) is 0 Å². The predicted octanol–water partition coefficient (Wildman–Crippen LogP) is 1.21. The predicted molar refractivity (Wildman–Crippen MR) is 89.7 cm³/mol. The molecule has 126 valence electrons.